The van der Waals surface area contributed by atoms with E-state index in [9.17, 15) is 4.79 Å². The number of hydrogen-bond donors (Lipinski definition) is 1. The number of nitrogens with zero attached hydrogens (tertiary/aromatic N) is 3. The Morgan fingerprint density at radius 3 is 2.71 bits per heavy atom. The molecule has 0 fully saturated rings. The SMILES string of the molecule is CC(C)c1ccoc1C(=O)Nc1nn(C(C)C)cc1C#N. The van der Waals surface area contributed by atoms with Gasteiger partial charge in [-0.15, -0.1) is 0 Å². The zero-order chi connectivity index (χ0) is 15.6. The van der Waals surface area contributed by atoms with E-state index in [1.54, 1.807) is 16.9 Å². The number of furan rings is 1. The molecule has 0 radical (unpaired) electrons. The smallest absolute Gasteiger partial charge is 0.292 e. The molecule has 0 saturated heterocycles. The first-order valence-corrected chi connectivity index (χ1v) is 6.82. The molecule has 110 valence electrons. The van der Waals surface area contributed by atoms with Crippen LogP contribution in [0.3, 0.4) is 0 Å². The van der Waals surface area contributed by atoms with Gasteiger partial charge in [0.25, 0.3) is 5.91 Å². The summed E-state index contributed by atoms with van der Waals surface area (Å²) in [4.78, 5) is 12.3. The summed E-state index contributed by atoms with van der Waals surface area (Å²) in [6, 6.07) is 3.91. The molecule has 0 aliphatic rings. The van der Waals surface area contributed by atoms with Crippen LogP contribution in [0.4, 0.5) is 5.82 Å². The van der Waals surface area contributed by atoms with Gasteiger partial charge in [0.1, 0.15) is 11.6 Å². The predicted molar refractivity (Wildman–Crippen MR) is 78.1 cm³/mol. The Morgan fingerprint density at radius 1 is 1.43 bits per heavy atom. The van der Waals surface area contributed by atoms with Gasteiger partial charge in [-0.1, -0.05) is 13.8 Å². The fourth-order valence-corrected chi connectivity index (χ4v) is 1.95. The van der Waals surface area contributed by atoms with E-state index in [0.29, 0.717) is 5.56 Å². The summed E-state index contributed by atoms with van der Waals surface area (Å²) in [5, 5.41) is 16.0. The second-order valence-corrected chi connectivity index (χ2v) is 5.39. The monoisotopic (exact) mass is 286 g/mol. The Hall–Kier alpha value is -2.55. The first-order valence-electron chi connectivity index (χ1n) is 6.82. The minimum Gasteiger partial charge on any atom is -0.459 e. The summed E-state index contributed by atoms with van der Waals surface area (Å²) in [5.41, 5.74) is 1.16. The maximum Gasteiger partial charge on any atom is 0.292 e. The fraction of sp³-hybridized carbons (Fsp3) is 0.400. The lowest BCUT2D eigenvalue weighted by molar-refractivity contribution is 0.0994. The lowest BCUT2D eigenvalue weighted by Crippen LogP contribution is -2.15. The molecule has 2 rings (SSSR count). The van der Waals surface area contributed by atoms with Gasteiger partial charge in [-0.2, -0.15) is 10.4 Å². The molecule has 0 aliphatic carbocycles. The van der Waals surface area contributed by atoms with Crippen LogP contribution in [0.1, 0.15) is 61.3 Å². The van der Waals surface area contributed by atoms with Crippen LogP contribution in [0.5, 0.6) is 0 Å². The Balaban J connectivity index is 2.28. The molecular formula is C15H18N4O2. The van der Waals surface area contributed by atoms with Crippen LogP contribution in [0.2, 0.25) is 0 Å². The van der Waals surface area contributed by atoms with Crippen molar-refractivity contribution in [3.05, 3.63) is 35.4 Å². The van der Waals surface area contributed by atoms with Crippen LogP contribution in [0, 0.1) is 11.3 Å². The molecule has 6 nitrogen and oxygen atoms in total. The quantitative estimate of drug-likeness (QED) is 0.934. The third-order valence-corrected chi connectivity index (χ3v) is 3.14. The summed E-state index contributed by atoms with van der Waals surface area (Å²) in [7, 11) is 0. The van der Waals surface area contributed by atoms with E-state index >= 15 is 0 Å². The maximum absolute atomic E-state index is 12.3. The van der Waals surface area contributed by atoms with Gasteiger partial charge in [0.2, 0.25) is 0 Å². The molecular weight excluding hydrogens is 268 g/mol. The number of nitriles is 1. The third kappa shape index (κ3) is 2.97. The number of aromatic nitrogens is 2. The Morgan fingerprint density at radius 2 is 2.14 bits per heavy atom. The summed E-state index contributed by atoms with van der Waals surface area (Å²) in [6.45, 7) is 7.86. The van der Waals surface area contributed by atoms with Crippen LogP contribution in [-0.4, -0.2) is 15.7 Å². The van der Waals surface area contributed by atoms with Gasteiger partial charge >= 0.3 is 0 Å². The van der Waals surface area contributed by atoms with Crippen LogP contribution in [-0.2, 0) is 0 Å². The molecule has 1 amide bonds. The minimum atomic E-state index is -0.394. The van der Waals surface area contributed by atoms with Gasteiger partial charge in [0.15, 0.2) is 11.6 Å². The molecule has 2 aromatic heterocycles. The number of nitrogens with one attached hydrogen (secondary N) is 1. The van der Waals surface area contributed by atoms with Crippen molar-refractivity contribution in [2.45, 2.75) is 39.7 Å². The van der Waals surface area contributed by atoms with Gasteiger partial charge in [-0.3, -0.25) is 9.48 Å². The van der Waals surface area contributed by atoms with Crippen molar-refractivity contribution in [2.24, 2.45) is 0 Å². The zero-order valence-electron chi connectivity index (χ0n) is 12.5. The largest absolute Gasteiger partial charge is 0.459 e. The van der Waals surface area contributed by atoms with Crippen LogP contribution >= 0.6 is 0 Å². The molecule has 0 spiro atoms. The van der Waals surface area contributed by atoms with E-state index in [4.69, 9.17) is 9.68 Å². The first-order chi connectivity index (χ1) is 9.93. The number of amides is 1. The highest BCUT2D eigenvalue weighted by Gasteiger charge is 2.20. The summed E-state index contributed by atoms with van der Waals surface area (Å²) in [6.07, 6.45) is 3.11. The minimum absolute atomic E-state index is 0.109. The number of rotatable bonds is 4. The van der Waals surface area contributed by atoms with E-state index < -0.39 is 5.91 Å². The molecule has 21 heavy (non-hydrogen) atoms. The van der Waals surface area contributed by atoms with E-state index in [-0.39, 0.29) is 23.5 Å². The van der Waals surface area contributed by atoms with E-state index in [2.05, 4.69) is 10.4 Å². The van der Waals surface area contributed by atoms with E-state index in [0.717, 1.165) is 5.56 Å². The lowest BCUT2D eigenvalue weighted by atomic mass is 10.0. The molecule has 0 aromatic carbocycles. The van der Waals surface area contributed by atoms with E-state index in [1.807, 2.05) is 33.8 Å². The van der Waals surface area contributed by atoms with Crippen LogP contribution in [0.25, 0.3) is 0 Å². The van der Waals surface area contributed by atoms with Gasteiger partial charge in [-0.05, 0) is 25.8 Å². The van der Waals surface area contributed by atoms with Crippen molar-refractivity contribution in [1.29, 1.82) is 5.26 Å². The second kappa shape index (κ2) is 5.83. The number of hydrogen-bond acceptors (Lipinski definition) is 4. The normalized spacial score (nSPS) is 10.9. The highest BCUT2D eigenvalue weighted by atomic mass is 16.3. The standard InChI is InChI=1S/C15H18N4O2/c1-9(2)12-5-6-21-13(12)15(20)17-14-11(7-16)8-19(18-14)10(3)4/h5-6,8-10H,1-4H3,(H,17,18,20). The molecule has 2 heterocycles. The summed E-state index contributed by atoms with van der Waals surface area (Å²) in [5.74, 6) is 0.289. The van der Waals surface area contributed by atoms with Gasteiger partial charge in [0.05, 0.1) is 6.26 Å². The van der Waals surface area contributed by atoms with Crippen LogP contribution in [0.15, 0.2) is 22.9 Å². The van der Waals surface area contributed by atoms with Crippen molar-refractivity contribution in [1.82, 2.24) is 9.78 Å². The molecule has 0 atom stereocenters. The second-order valence-electron chi connectivity index (χ2n) is 5.39. The fourth-order valence-electron chi connectivity index (χ4n) is 1.95. The molecule has 0 saturated carbocycles. The highest BCUT2D eigenvalue weighted by Crippen LogP contribution is 2.22. The van der Waals surface area contributed by atoms with Crippen molar-refractivity contribution in [3.63, 3.8) is 0 Å². The molecule has 0 bridgehead atoms. The topological polar surface area (TPSA) is 83.8 Å². The van der Waals surface area contributed by atoms with Crippen molar-refractivity contribution >= 4 is 11.7 Å². The number of anilines is 1. The summed E-state index contributed by atoms with van der Waals surface area (Å²) < 4.78 is 6.90. The number of carbonyl (C=O) groups is 1. The Labute approximate surface area is 123 Å². The summed E-state index contributed by atoms with van der Waals surface area (Å²) >= 11 is 0. The average molecular weight is 286 g/mol. The maximum atomic E-state index is 12.3. The Bertz CT molecular complexity index is 689. The number of carbonyl (C=O) groups excluding carboxylic acids is 1. The van der Waals surface area contributed by atoms with Gasteiger partial charge < -0.3 is 9.73 Å². The Kier molecular flexibility index (Phi) is 4.13. The van der Waals surface area contributed by atoms with Crippen LogP contribution < -0.4 is 5.32 Å². The molecule has 0 unspecified atom stereocenters. The van der Waals surface area contributed by atoms with Gasteiger partial charge in [-0.25, -0.2) is 0 Å². The first kappa shape index (κ1) is 14.9. The third-order valence-electron chi connectivity index (χ3n) is 3.14. The lowest BCUT2D eigenvalue weighted by Gasteiger charge is -2.06. The highest BCUT2D eigenvalue weighted by molar-refractivity contribution is 6.03. The zero-order valence-corrected chi connectivity index (χ0v) is 12.5. The van der Waals surface area contributed by atoms with Crippen molar-refractivity contribution in [2.75, 3.05) is 5.32 Å². The average Bonchev–Trinajstić information content (AvgIpc) is 3.04. The molecule has 1 N–H and O–H groups in total. The van der Waals surface area contributed by atoms with Crippen molar-refractivity contribution < 1.29 is 9.21 Å². The predicted octanol–water partition coefficient (Wildman–Crippen LogP) is 3.30. The van der Waals surface area contributed by atoms with Gasteiger partial charge in [0, 0.05) is 17.8 Å². The van der Waals surface area contributed by atoms with E-state index in [1.165, 1.54) is 6.26 Å². The molecule has 6 heteroatoms. The molecule has 2 aromatic rings. The van der Waals surface area contributed by atoms with Crippen molar-refractivity contribution in [3.8, 4) is 6.07 Å². The molecule has 0 aliphatic heterocycles.